The second kappa shape index (κ2) is 4.74. The Bertz CT molecular complexity index is 261. The predicted molar refractivity (Wildman–Crippen MR) is 65.0 cm³/mol. The number of unbranched alkanes of at least 4 members (excludes halogenated alkanes) is 3. The minimum atomic E-state index is -0.113. The van der Waals surface area contributed by atoms with Crippen LogP contribution >= 0.6 is 0 Å². The zero-order chi connectivity index (χ0) is 11.6. The van der Waals surface area contributed by atoms with Crippen LogP contribution in [-0.4, -0.2) is 29.1 Å². The first-order chi connectivity index (χ1) is 7.69. The van der Waals surface area contributed by atoms with Crippen LogP contribution in [0.1, 0.15) is 58.8 Å². The smallest absolute Gasteiger partial charge is 0.244 e. The van der Waals surface area contributed by atoms with Crippen LogP contribution in [0.3, 0.4) is 0 Å². The Balaban J connectivity index is 1.73. The van der Waals surface area contributed by atoms with Gasteiger partial charge in [0.15, 0.2) is 0 Å². The number of rotatable bonds is 6. The molecule has 2 aliphatic rings. The third kappa shape index (κ3) is 2.24. The number of hydrogen-bond acceptors (Lipinski definition) is 2. The number of nitrogens with one attached hydrogen (secondary N) is 1. The van der Waals surface area contributed by atoms with Gasteiger partial charge in [0.1, 0.15) is 0 Å². The SMILES string of the molecule is CCCCCCC(C)N1CNC2(CC2)C1=O. The highest BCUT2D eigenvalue weighted by molar-refractivity contribution is 5.91. The summed E-state index contributed by atoms with van der Waals surface area (Å²) in [4.78, 5) is 14.1. The van der Waals surface area contributed by atoms with Gasteiger partial charge < -0.3 is 4.90 Å². The zero-order valence-corrected chi connectivity index (χ0v) is 10.6. The molecule has 1 unspecified atom stereocenters. The van der Waals surface area contributed by atoms with Crippen LogP contribution in [0.5, 0.6) is 0 Å². The molecule has 1 aliphatic heterocycles. The lowest BCUT2D eigenvalue weighted by atomic mass is 10.1. The van der Waals surface area contributed by atoms with Crippen LogP contribution in [0.4, 0.5) is 0 Å². The van der Waals surface area contributed by atoms with Crippen molar-refractivity contribution in [3.05, 3.63) is 0 Å². The largest absolute Gasteiger partial charge is 0.326 e. The van der Waals surface area contributed by atoms with Gasteiger partial charge in [-0.1, -0.05) is 32.6 Å². The van der Waals surface area contributed by atoms with E-state index in [1.165, 1.54) is 25.7 Å². The molecular formula is C13H24N2O. The fraction of sp³-hybridized carbons (Fsp3) is 0.923. The maximum atomic E-state index is 12.1. The van der Waals surface area contributed by atoms with E-state index in [4.69, 9.17) is 0 Å². The molecule has 1 heterocycles. The van der Waals surface area contributed by atoms with E-state index in [-0.39, 0.29) is 5.54 Å². The van der Waals surface area contributed by atoms with E-state index in [1.807, 2.05) is 4.90 Å². The standard InChI is InChI=1S/C13H24N2O/c1-3-4-5-6-7-11(2)15-10-14-13(8-9-13)12(15)16/h11,14H,3-10H2,1-2H3. The lowest BCUT2D eigenvalue weighted by Gasteiger charge is -2.23. The second-order valence-electron chi connectivity index (χ2n) is 5.39. The Labute approximate surface area is 98.6 Å². The van der Waals surface area contributed by atoms with Crippen LogP contribution in [-0.2, 0) is 4.79 Å². The molecule has 3 nitrogen and oxygen atoms in total. The van der Waals surface area contributed by atoms with Crippen molar-refractivity contribution in [3.8, 4) is 0 Å². The van der Waals surface area contributed by atoms with Crippen molar-refractivity contribution in [1.82, 2.24) is 10.2 Å². The maximum absolute atomic E-state index is 12.1. The van der Waals surface area contributed by atoms with Gasteiger partial charge in [-0.3, -0.25) is 10.1 Å². The average Bonchev–Trinajstić information content (AvgIpc) is 2.98. The van der Waals surface area contributed by atoms with Gasteiger partial charge >= 0.3 is 0 Å². The van der Waals surface area contributed by atoms with Gasteiger partial charge in [0.2, 0.25) is 5.91 Å². The molecule has 3 heteroatoms. The van der Waals surface area contributed by atoms with Crippen molar-refractivity contribution in [1.29, 1.82) is 0 Å². The predicted octanol–water partition coefficient (Wildman–Crippen LogP) is 2.27. The Morgan fingerprint density at radius 2 is 2.12 bits per heavy atom. The Kier molecular flexibility index (Phi) is 3.53. The molecule has 1 N–H and O–H groups in total. The summed E-state index contributed by atoms with van der Waals surface area (Å²) in [5.74, 6) is 0.357. The molecule has 0 aromatic rings. The first-order valence-electron chi connectivity index (χ1n) is 6.76. The number of hydrogen-bond donors (Lipinski definition) is 1. The lowest BCUT2D eigenvalue weighted by Crippen LogP contribution is -2.37. The molecule has 2 rings (SSSR count). The third-order valence-electron chi connectivity index (χ3n) is 4.02. The Hall–Kier alpha value is -0.570. The minimum Gasteiger partial charge on any atom is -0.326 e. The summed E-state index contributed by atoms with van der Waals surface area (Å²) in [6.07, 6.45) is 8.41. The Morgan fingerprint density at radius 3 is 2.69 bits per heavy atom. The van der Waals surface area contributed by atoms with Crippen LogP contribution in [0.2, 0.25) is 0 Å². The Morgan fingerprint density at radius 1 is 1.38 bits per heavy atom. The van der Waals surface area contributed by atoms with E-state index in [2.05, 4.69) is 19.2 Å². The fourth-order valence-corrected chi connectivity index (χ4v) is 2.55. The molecule has 1 aliphatic carbocycles. The molecule has 0 radical (unpaired) electrons. The minimum absolute atomic E-state index is 0.113. The molecule has 92 valence electrons. The van der Waals surface area contributed by atoms with E-state index < -0.39 is 0 Å². The summed E-state index contributed by atoms with van der Waals surface area (Å²) in [5, 5.41) is 3.37. The first kappa shape index (κ1) is 11.9. The van der Waals surface area contributed by atoms with Crippen LogP contribution in [0, 0.1) is 0 Å². The van der Waals surface area contributed by atoms with Gasteiger partial charge in [-0.2, -0.15) is 0 Å². The molecule has 2 fully saturated rings. The summed E-state index contributed by atoms with van der Waals surface area (Å²) in [7, 11) is 0. The van der Waals surface area contributed by atoms with Gasteiger partial charge in [0.25, 0.3) is 0 Å². The monoisotopic (exact) mass is 224 g/mol. The molecule has 1 saturated heterocycles. The van der Waals surface area contributed by atoms with Crippen molar-refractivity contribution in [2.75, 3.05) is 6.67 Å². The molecule has 1 amide bonds. The maximum Gasteiger partial charge on any atom is 0.244 e. The first-order valence-corrected chi connectivity index (χ1v) is 6.76. The molecule has 1 spiro atoms. The zero-order valence-electron chi connectivity index (χ0n) is 10.6. The van der Waals surface area contributed by atoms with Crippen LogP contribution in [0.25, 0.3) is 0 Å². The van der Waals surface area contributed by atoms with Gasteiger partial charge in [-0.15, -0.1) is 0 Å². The van der Waals surface area contributed by atoms with Crippen LogP contribution in [0.15, 0.2) is 0 Å². The highest BCUT2D eigenvalue weighted by Gasteiger charge is 2.56. The van der Waals surface area contributed by atoms with E-state index in [1.54, 1.807) is 0 Å². The van der Waals surface area contributed by atoms with Gasteiger partial charge in [0, 0.05) is 6.04 Å². The molecule has 0 bridgehead atoms. The van der Waals surface area contributed by atoms with E-state index in [9.17, 15) is 4.79 Å². The molecule has 0 aromatic heterocycles. The number of nitrogens with zero attached hydrogens (tertiary/aromatic N) is 1. The second-order valence-corrected chi connectivity index (χ2v) is 5.39. The summed E-state index contributed by atoms with van der Waals surface area (Å²) in [5.41, 5.74) is -0.113. The lowest BCUT2D eigenvalue weighted by molar-refractivity contribution is -0.131. The molecule has 16 heavy (non-hydrogen) atoms. The van der Waals surface area contributed by atoms with Gasteiger partial charge in [-0.25, -0.2) is 0 Å². The van der Waals surface area contributed by atoms with Crippen molar-refractivity contribution in [3.63, 3.8) is 0 Å². The van der Waals surface area contributed by atoms with Crippen molar-refractivity contribution in [2.24, 2.45) is 0 Å². The quantitative estimate of drug-likeness (QED) is 0.702. The highest BCUT2D eigenvalue weighted by Crippen LogP contribution is 2.40. The molecule has 1 atom stereocenters. The van der Waals surface area contributed by atoms with Gasteiger partial charge in [0.05, 0.1) is 12.2 Å². The average molecular weight is 224 g/mol. The summed E-state index contributed by atoms with van der Waals surface area (Å²) in [6, 6.07) is 0.414. The van der Waals surface area contributed by atoms with Crippen molar-refractivity contribution in [2.45, 2.75) is 70.4 Å². The number of amides is 1. The molecule has 1 saturated carbocycles. The normalized spacial score (nSPS) is 24.1. The van der Waals surface area contributed by atoms with Crippen molar-refractivity contribution >= 4 is 5.91 Å². The number of carbonyl (C=O) groups excluding carboxylic acids is 1. The van der Waals surface area contributed by atoms with E-state index in [0.29, 0.717) is 11.9 Å². The third-order valence-corrected chi connectivity index (χ3v) is 4.02. The molecule has 0 aromatic carbocycles. The number of carbonyl (C=O) groups is 1. The fourth-order valence-electron chi connectivity index (χ4n) is 2.55. The summed E-state index contributed by atoms with van der Waals surface area (Å²) < 4.78 is 0. The molecular weight excluding hydrogens is 200 g/mol. The van der Waals surface area contributed by atoms with Crippen LogP contribution < -0.4 is 5.32 Å². The summed E-state index contributed by atoms with van der Waals surface area (Å²) >= 11 is 0. The van der Waals surface area contributed by atoms with Crippen molar-refractivity contribution < 1.29 is 4.79 Å². The van der Waals surface area contributed by atoms with E-state index in [0.717, 1.165) is 25.9 Å². The summed E-state index contributed by atoms with van der Waals surface area (Å²) in [6.45, 7) is 5.19. The van der Waals surface area contributed by atoms with E-state index >= 15 is 0 Å². The topological polar surface area (TPSA) is 32.3 Å². The van der Waals surface area contributed by atoms with Gasteiger partial charge in [-0.05, 0) is 26.2 Å². The highest BCUT2D eigenvalue weighted by atomic mass is 16.2.